The average Bonchev–Trinajstić information content (AvgIpc) is 2.25. The zero-order chi connectivity index (χ0) is 14.2. The number of amidine groups is 1. The fourth-order valence-corrected chi connectivity index (χ4v) is 1.51. The Balaban J connectivity index is 3.58. The fourth-order valence-electron chi connectivity index (χ4n) is 1.51. The van der Waals surface area contributed by atoms with E-state index in [9.17, 15) is 0 Å². The lowest BCUT2D eigenvalue weighted by Crippen LogP contribution is -2.31. The summed E-state index contributed by atoms with van der Waals surface area (Å²) in [6.45, 7) is 12.3. The van der Waals surface area contributed by atoms with Gasteiger partial charge in [-0.3, -0.25) is 0 Å². The summed E-state index contributed by atoms with van der Waals surface area (Å²) in [6.07, 6.45) is 4.04. The van der Waals surface area contributed by atoms with Crippen LogP contribution in [0.2, 0.25) is 0 Å². The van der Waals surface area contributed by atoms with Crippen LogP contribution < -0.4 is 5.73 Å². The lowest BCUT2D eigenvalue weighted by molar-refractivity contribution is 0.104. The minimum absolute atomic E-state index is 0.236. The molecule has 0 saturated carbocycles. The summed E-state index contributed by atoms with van der Waals surface area (Å²) in [5.41, 5.74) is 5.74. The molecule has 0 aliphatic rings. The number of nitrogens with two attached hydrogens (primary N) is 1. The first kappa shape index (κ1) is 17.2. The Bertz CT molecular complexity index is 255. The maximum Gasteiger partial charge on any atom is 0.144 e. The molecule has 0 saturated heterocycles. The van der Waals surface area contributed by atoms with Crippen LogP contribution in [0.15, 0.2) is 5.16 Å². The maximum absolute atomic E-state index is 8.66. The second-order valence-electron chi connectivity index (χ2n) is 6.75. The molecule has 4 heteroatoms. The molecule has 0 atom stereocenters. The topological polar surface area (TPSA) is 67.8 Å². The van der Waals surface area contributed by atoms with Crippen LogP contribution in [-0.4, -0.2) is 24.3 Å². The third kappa shape index (κ3) is 8.34. The largest absolute Gasteiger partial charge is 0.409 e. The van der Waals surface area contributed by atoms with Gasteiger partial charge < -0.3 is 15.7 Å². The molecule has 0 amide bonds. The van der Waals surface area contributed by atoms with Crippen molar-refractivity contribution in [3.05, 3.63) is 0 Å². The van der Waals surface area contributed by atoms with E-state index >= 15 is 0 Å². The van der Waals surface area contributed by atoms with Crippen LogP contribution in [0.3, 0.4) is 0 Å². The van der Waals surface area contributed by atoms with Gasteiger partial charge in [-0.05, 0) is 24.7 Å². The van der Waals surface area contributed by atoms with Gasteiger partial charge in [-0.15, -0.1) is 0 Å². The first-order valence-electron chi connectivity index (χ1n) is 6.75. The van der Waals surface area contributed by atoms with Crippen molar-refractivity contribution in [2.75, 3.05) is 13.2 Å². The van der Waals surface area contributed by atoms with Crippen molar-refractivity contribution in [2.45, 2.75) is 60.3 Å². The van der Waals surface area contributed by atoms with E-state index in [1.807, 2.05) is 13.8 Å². The SMILES string of the molecule is CC(C)(C)CCOCCCCC(C)(C)C(N)=NO. The quantitative estimate of drug-likeness (QED) is 0.230. The first-order chi connectivity index (χ1) is 8.19. The van der Waals surface area contributed by atoms with Crippen molar-refractivity contribution in [1.29, 1.82) is 0 Å². The van der Waals surface area contributed by atoms with E-state index < -0.39 is 0 Å². The fraction of sp³-hybridized carbons (Fsp3) is 0.929. The van der Waals surface area contributed by atoms with Crippen molar-refractivity contribution in [3.63, 3.8) is 0 Å². The van der Waals surface area contributed by atoms with Gasteiger partial charge in [0, 0.05) is 18.6 Å². The molecular formula is C14H30N2O2. The van der Waals surface area contributed by atoms with Gasteiger partial charge in [0.15, 0.2) is 0 Å². The van der Waals surface area contributed by atoms with Gasteiger partial charge in [-0.25, -0.2) is 0 Å². The van der Waals surface area contributed by atoms with Crippen LogP contribution in [0.5, 0.6) is 0 Å². The summed E-state index contributed by atoms with van der Waals surface area (Å²) in [5.74, 6) is 0.302. The van der Waals surface area contributed by atoms with E-state index in [2.05, 4.69) is 25.9 Å². The van der Waals surface area contributed by atoms with Gasteiger partial charge >= 0.3 is 0 Å². The molecule has 18 heavy (non-hydrogen) atoms. The summed E-state index contributed by atoms with van der Waals surface area (Å²) in [7, 11) is 0. The summed E-state index contributed by atoms with van der Waals surface area (Å²) in [6, 6.07) is 0. The van der Waals surface area contributed by atoms with Crippen molar-refractivity contribution >= 4 is 5.84 Å². The Hall–Kier alpha value is -0.770. The molecule has 0 fully saturated rings. The van der Waals surface area contributed by atoms with Crippen LogP contribution in [0.4, 0.5) is 0 Å². The van der Waals surface area contributed by atoms with Gasteiger partial charge in [0.2, 0.25) is 0 Å². The highest BCUT2D eigenvalue weighted by Crippen LogP contribution is 2.23. The third-order valence-electron chi connectivity index (χ3n) is 3.14. The number of hydrogen-bond donors (Lipinski definition) is 2. The lowest BCUT2D eigenvalue weighted by atomic mass is 9.86. The molecule has 0 aromatic heterocycles. The van der Waals surface area contributed by atoms with Gasteiger partial charge in [0.25, 0.3) is 0 Å². The summed E-state index contributed by atoms with van der Waals surface area (Å²) < 4.78 is 5.60. The van der Waals surface area contributed by atoms with E-state index in [-0.39, 0.29) is 5.41 Å². The molecule has 0 bridgehead atoms. The molecule has 4 nitrogen and oxygen atoms in total. The Morgan fingerprint density at radius 1 is 1.06 bits per heavy atom. The normalized spacial score (nSPS) is 13.9. The highest BCUT2D eigenvalue weighted by atomic mass is 16.5. The van der Waals surface area contributed by atoms with Gasteiger partial charge in [0.1, 0.15) is 5.84 Å². The van der Waals surface area contributed by atoms with E-state index in [1.54, 1.807) is 0 Å². The number of rotatable bonds is 8. The molecule has 0 aliphatic carbocycles. The maximum atomic E-state index is 8.66. The standard InChI is InChI=1S/C14H30N2O2/c1-13(2,3)9-11-18-10-7-6-8-14(4,5)12(15)16-17/h17H,6-11H2,1-5H3,(H2,15,16). The monoisotopic (exact) mass is 258 g/mol. The van der Waals surface area contributed by atoms with Crippen molar-refractivity contribution in [1.82, 2.24) is 0 Å². The Labute approximate surface area is 112 Å². The van der Waals surface area contributed by atoms with Crippen LogP contribution >= 0.6 is 0 Å². The number of hydrogen-bond acceptors (Lipinski definition) is 3. The Morgan fingerprint density at radius 2 is 1.67 bits per heavy atom. The zero-order valence-corrected chi connectivity index (χ0v) is 12.6. The average molecular weight is 258 g/mol. The molecule has 0 rings (SSSR count). The predicted molar refractivity (Wildman–Crippen MR) is 75.9 cm³/mol. The summed E-state index contributed by atoms with van der Waals surface area (Å²) in [4.78, 5) is 0. The highest BCUT2D eigenvalue weighted by Gasteiger charge is 2.22. The number of oxime groups is 1. The van der Waals surface area contributed by atoms with E-state index in [4.69, 9.17) is 15.7 Å². The van der Waals surface area contributed by atoms with E-state index in [0.29, 0.717) is 11.3 Å². The zero-order valence-electron chi connectivity index (χ0n) is 12.6. The van der Waals surface area contributed by atoms with Crippen LogP contribution in [0.1, 0.15) is 60.3 Å². The van der Waals surface area contributed by atoms with E-state index in [1.165, 1.54) is 0 Å². The van der Waals surface area contributed by atoms with Crippen molar-refractivity contribution in [3.8, 4) is 0 Å². The Morgan fingerprint density at radius 3 is 2.17 bits per heavy atom. The van der Waals surface area contributed by atoms with Gasteiger partial charge in [0.05, 0.1) is 0 Å². The smallest absolute Gasteiger partial charge is 0.144 e. The Kier molecular flexibility index (Phi) is 7.29. The van der Waals surface area contributed by atoms with Crippen molar-refractivity contribution < 1.29 is 9.94 Å². The van der Waals surface area contributed by atoms with Crippen LogP contribution in [0, 0.1) is 10.8 Å². The molecular weight excluding hydrogens is 228 g/mol. The van der Waals surface area contributed by atoms with Crippen LogP contribution in [0.25, 0.3) is 0 Å². The molecule has 3 N–H and O–H groups in total. The molecule has 0 spiro atoms. The van der Waals surface area contributed by atoms with Gasteiger partial charge in [-0.1, -0.05) is 46.2 Å². The number of nitrogens with zero attached hydrogens (tertiary/aromatic N) is 1. The summed E-state index contributed by atoms with van der Waals surface area (Å²) >= 11 is 0. The molecule has 108 valence electrons. The highest BCUT2D eigenvalue weighted by molar-refractivity contribution is 5.85. The second kappa shape index (κ2) is 7.62. The minimum Gasteiger partial charge on any atom is -0.409 e. The molecule has 0 unspecified atom stereocenters. The lowest BCUT2D eigenvalue weighted by Gasteiger charge is -2.22. The minimum atomic E-state index is -0.236. The molecule has 0 heterocycles. The van der Waals surface area contributed by atoms with Gasteiger partial charge in [-0.2, -0.15) is 0 Å². The summed E-state index contributed by atoms with van der Waals surface area (Å²) in [5, 5.41) is 11.7. The molecule has 0 aromatic rings. The number of ether oxygens (including phenoxy) is 1. The molecule has 0 aliphatic heterocycles. The van der Waals surface area contributed by atoms with Crippen molar-refractivity contribution in [2.24, 2.45) is 21.7 Å². The first-order valence-corrected chi connectivity index (χ1v) is 6.75. The van der Waals surface area contributed by atoms with Crippen LogP contribution in [-0.2, 0) is 4.74 Å². The predicted octanol–water partition coefficient (Wildman–Crippen LogP) is 3.38. The van der Waals surface area contributed by atoms with E-state index in [0.717, 1.165) is 38.9 Å². The molecule has 0 aromatic carbocycles. The molecule has 0 radical (unpaired) electrons. The number of unbranched alkanes of at least 4 members (excludes halogenated alkanes) is 1. The second-order valence-corrected chi connectivity index (χ2v) is 6.75. The third-order valence-corrected chi connectivity index (χ3v) is 3.14.